The van der Waals surface area contributed by atoms with Crippen LogP contribution in [0.2, 0.25) is 0 Å². The number of ether oxygens (including phenoxy) is 4. The largest absolute Gasteiger partial charge is 0.497 e. The van der Waals surface area contributed by atoms with Crippen LogP contribution in [0.1, 0.15) is 36.8 Å². The molecule has 0 atom stereocenters. The second-order valence-electron chi connectivity index (χ2n) is 10.5. The number of halogens is 1. The van der Waals surface area contributed by atoms with Crippen LogP contribution in [0.15, 0.2) is 41.0 Å². The van der Waals surface area contributed by atoms with Gasteiger partial charge in [0, 0.05) is 66.8 Å². The molecule has 11 heteroatoms. The number of hydrogen-bond acceptors (Lipinski definition) is 7. The second kappa shape index (κ2) is 10.2. The first kappa shape index (κ1) is 27.6. The van der Waals surface area contributed by atoms with Gasteiger partial charge in [0.05, 0.1) is 37.2 Å². The van der Waals surface area contributed by atoms with E-state index in [9.17, 15) is 4.79 Å². The van der Waals surface area contributed by atoms with Gasteiger partial charge in [0.2, 0.25) is 0 Å². The van der Waals surface area contributed by atoms with Gasteiger partial charge in [0.25, 0.3) is 5.91 Å². The lowest BCUT2D eigenvalue weighted by Gasteiger charge is -2.31. The Bertz CT molecular complexity index is 1600. The van der Waals surface area contributed by atoms with Gasteiger partial charge in [0.15, 0.2) is 5.69 Å². The first-order chi connectivity index (χ1) is 19.0. The van der Waals surface area contributed by atoms with E-state index in [1.54, 1.807) is 48.7 Å². The number of amides is 1. The molecule has 0 saturated carbocycles. The number of nitrogens with zero attached hydrogens (tertiary/aromatic N) is 5. The summed E-state index contributed by atoms with van der Waals surface area (Å²) in [6, 6.07) is 9.31. The Morgan fingerprint density at radius 3 is 2.23 bits per heavy atom. The van der Waals surface area contributed by atoms with Crippen molar-refractivity contribution in [2.75, 3.05) is 28.4 Å². The van der Waals surface area contributed by atoms with Crippen LogP contribution in [0.4, 0.5) is 0 Å². The van der Waals surface area contributed by atoms with Crippen molar-refractivity contribution in [3.63, 3.8) is 0 Å². The fourth-order valence-corrected chi connectivity index (χ4v) is 5.20. The zero-order chi connectivity index (χ0) is 28.9. The fourth-order valence-electron chi connectivity index (χ4n) is 4.61. The Kier molecular flexibility index (Phi) is 7.03. The summed E-state index contributed by atoms with van der Waals surface area (Å²) in [5.41, 5.74) is 4.23. The summed E-state index contributed by atoms with van der Waals surface area (Å²) in [4.78, 5) is 15.5. The van der Waals surface area contributed by atoms with Crippen molar-refractivity contribution >= 4 is 21.8 Å². The molecule has 10 nitrogen and oxygen atoms in total. The minimum Gasteiger partial charge on any atom is -0.497 e. The maximum atomic E-state index is 13.8. The van der Waals surface area contributed by atoms with E-state index >= 15 is 0 Å². The first-order valence-corrected chi connectivity index (χ1v) is 13.4. The van der Waals surface area contributed by atoms with Crippen LogP contribution in [0.5, 0.6) is 23.0 Å². The minimum atomic E-state index is -0.411. The van der Waals surface area contributed by atoms with E-state index in [4.69, 9.17) is 24.0 Å². The molecule has 3 heterocycles. The molecule has 2 aromatic heterocycles. The highest BCUT2D eigenvalue weighted by Gasteiger charge is 2.35. The summed E-state index contributed by atoms with van der Waals surface area (Å²) in [5.74, 6) is 2.21. The first-order valence-electron chi connectivity index (χ1n) is 12.6. The second-order valence-corrected chi connectivity index (χ2v) is 11.4. The highest BCUT2D eigenvalue weighted by atomic mass is 79.9. The van der Waals surface area contributed by atoms with Crippen LogP contribution in [-0.2, 0) is 13.7 Å². The van der Waals surface area contributed by atoms with Gasteiger partial charge in [-0.25, -0.2) is 4.68 Å². The molecule has 1 amide bonds. The average Bonchev–Trinajstić information content (AvgIpc) is 3.49. The topological polar surface area (TPSA) is 92.9 Å². The van der Waals surface area contributed by atoms with E-state index in [1.165, 1.54) is 0 Å². The maximum absolute atomic E-state index is 13.8. The van der Waals surface area contributed by atoms with Crippen molar-refractivity contribution in [3.05, 3.63) is 52.3 Å². The van der Waals surface area contributed by atoms with Crippen molar-refractivity contribution in [1.29, 1.82) is 0 Å². The molecule has 0 spiro atoms. The monoisotopic (exact) mass is 609 g/mol. The number of carbonyl (C=O) groups is 1. The van der Waals surface area contributed by atoms with Crippen LogP contribution in [0, 0.1) is 0 Å². The summed E-state index contributed by atoms with van der Waals surface area (Å²) in [7, 11) is 8.44. The Morgan fingerprint density at radius 1 is 1.00 bits per heavy atom. The number of aryl methyl sites for hydroxylation is 1. The molecule has 0 bridgehead atoms. The van der Waals surface area contributed by atoms with Crippen molar-refractivity contribution in [2.45, 2.75) is 32.9 Å². The van der Waals surface area contributed by atoms with Crippen LogP contribution in [0.25, 0.3) is 28.2 Å². The fraction of sp³-hybridized carbons (Fsp3) is 0.345. The number of hydrogen-bond donors (Lipinski definition) is 0. The molecule has 5 rings (SSSR count). The molecule has 40 heavy (non-hydrogen) atoms. The molecule has 1 aliphatic heterocycles. The molecule has 4 aromatic rings. The van der Waals surface area contributed by atoms with Crippen molar-refractivity contribution < 1.29 is 23.7 Å². The van der Waals surface area contributed by atoms with E-state index in [2.05, 4.69) is 21.0 Å². The van der Waals surface area contributed by atoms with Gasteiger partial charge in [-0.05, 0) is 42.8 Å². The molecular formula is C29H32BrN5O5. The van der Waals surface area contributed by atoms with Crippen LogP contribution in [-0.4, -0.2) is 64.3 Å². The molecule has 210 valence electrons. The van der Waals surface area contributed by atoms with E-state index in [1.807, 2.05) is 58.3 Å². The maximum Gasteiger partial charge on any atom is 0.274 e. The molecule has 0 saturated heterocycles. The summed E-state index contributed by atoms with van der Waals surface area (Å²) in [6.45, 7) is 6.11. The van der Waals surface area contributed by atoms with E-state index in [0.717, 1.165) is 21.3 Å². The van der Waals surface area contributed by atoms with Crippen molar-refractivity contribution in [2.24, 2.45) is 7.05 Å². The molecule has 0 aliphatic carbocycles. The number of methoxy groups -OCH3 is 3. The lowest BCUT2D eigenvalue weighted by molar-refractivity contribution is 0.0646. The quantitative estimate of drug-likeness (QED) is 0.285. The van der Waals surface area contributed by atoms with Gasteiger partial charge in [-0.3, -0.25) is 9.48 Å². The number of carbonyl (C=O) groups excluding carboxylic acids is 1. The lowest BCUT2D eigenvalue weighted by atomic mass is 9.97. The third kappa shape index (κ3) is 4.68. The molecule has 0 fully saturated rings. The smallest absolute Gasteiger partial charge is 0.274 e. The third-order valence-electron chi connectivity index (χ3n) is 7.05. The zero-order valence-electron chi connectivity index (χ0n) is 23.8. The number of aromatic nitrogens is 4. The normalized spacial score (nSPS) is 12.3. The molecule has 0 radical (unpaired) electrons. The molecule has 0 unspecified atom stereocenters. The van der Waals surface area contributed by atoms with Gasteiger partial charge in [-0.2, -0.15) is 10.2 Å². The summed E-state index contributed by atoms with van der Waals surface area (Å²) >= 11 is 3.62. The van der Waals surface area contributed by atoms with Gasteiger partial charge in [-0.1, -0.05) is 0 Å². The summed E-state index contributed by atoms with van der Waals surface area (Å²) < 4.78 is 27.3. The number of benzene rings is 2. The van der Waals surface area contributed by atoms with Crippen molar-refractivity contribution in [3.8, 4) is 51.2 Å². The number of fused-ring (bicyclic) bond motifs is 3. The Hall–Kier alpha value is -3.99. The van der Waals surface area contributed by atoms with Gasteiger partial charge in [0.1, 0.15) is 35.3 Å². The minimum absolute atomic E-state index is 0.165. The Balaban J connectivity index is 1.81. The summed E-state index contributed by atoms with van der Waals surface area (Å²) in [6.07, 6.45) is 1.88. The van der Waals surface area contributed by atoms with Crippen LogP contribution >= 0.6 is 15.9 Å². The Labute approximate surface area is 241 Å². The number of rotatable bonds is 6. The van der Waals surface area contributed by atoms with Crippen LogP contribution < -0.4 is 18.9 Å². The average molecular weight is 611 g/mol. The van der Waals surface area contributed by atoms with Crippen molar-refractivity contribution in [1.82, 2.24) is 24.5 Å². The van der Waals surface area contributed by atoms with E-state index < -0.39 is 5.54 Å². The van der Waals surface area contributed by atoms with Gasteiger partial charge >= 0.3 is 0 Å². The molecule has 0 N–H and O–H groups in total. The predicted octanol–water partition coefficient (Wildman–Crippen LogP) is 5.49. The lowest BCUT2D eigenvalue weighted by Crippen LogP contribution is -2.43. The molecular weight excluding hydrogens is 578 g/mol. The highest BCUT2D eigenvalue weighted by Crippen LogP contribution is 2.47. The SMILES string of the molecule is COc1cc(OC)cc(-n2nc(C(=O)N(C)C(C)(C)C)c3c2-c2cc(-c4nn(C)cc4Br)c(OC)cc2OC3)c1. The Morgan fingerprint density at radius 2 is 1.68 bits per heavy atom. The van der Waals surface area contributed by atoms with Crippen LogP contribution in [0.3, 0.4) is 0 Å². The third-order valence-corrected chi connectivity index (χ3v) is 7.63. The summed E-state index contributed by atoms with van der Waals surface area (Å²) in [5, 5.41) is 9.52. The van der Waals surface area contributed by atoms with Gasteiger partial charge < -0.3 is 23.8 Å². The zero-order valence-corrected chi connectivity index (χ0v) is 25.4. The molecule has 1 aliphatic rings. The van der Waals surface area contributed by atoms with E-state index in [0.29, 0.717) is 45.6 Å². The highest BCUT2D eigenvalue weighted by molar-refractivity contribution is 9.10. The molecule has 2 aromatic carbocycles. The standard InChI is InChI=1S/C29H32BrN5O5/c1-29(2,3)34(5)28(36)26-21-15-40-24-13-23(39-8)19(25-22(30)14-33(4)31-25)12-20(24)27(21)35(32-26)16-9-17(37-6)11-18(10-16)38-7/h9-14H,15H2,1-8H3. The van der Waals surface area contributed by atoms with Gasteiger partial charge in [-0.15, -0.1) is 0 Å². The predicted molar refractivity (Wildman–Crippen MR) is 155 cm³/mol. The van der Waals surface area contributed by atoms with E-state index in [-0.39, 0.29) is 12.5 Å².